The second kappa shape index (κ2) is 3.93. The Balaban J connectivity index is 2.31. The Hall–Kier alpha value is -0.890. The number of rotatable bonds is 2. The smallest absolute Gasteiger partial charge is 0.136 e. The van der Waals surface area contributed by atoms with Gasteiger partial charge in [0.1, 0.15) is 5.67 Å². The Morgan fingerprint density at radius 3 is 2.60 bits per heavy atom. The Morgan fingerprint density at radius 2 is 2.00 bits per heavy atom. The summed E-state index contributed by atoms with van der Waals surface area (Å²) in [5.74, 6) is 0. The lowest BCUT2D eigenvalue weighted by Crippen LogP contribution is -2.16. The van der Waals surface area contributed by atoms with E-state index in [9.17, 15) is 4.39 Å². The van der Waals surface area contributed by atoms with Gasteiger partial charge in [-0.05, 0) is 43.7 Å². The molecule has 0 saturated heterocycles. The van der Waals surface area contributed by atoms with E-state index in [0.717, 1.165) is 24.0 Å². The highest BCUT2D eigenvalue weighted by Crippen LogP contribution is 2.42. The van der Waals surface area contributed by atoms with Gasteiger partial charge in [-0.1, -0.05) is 24.3 Å². The normalized spacial score (nSPS) is 21.5. The van der Waals surface area contributed by atoms with Crippen LogP contribution in [0.15, 0.2) is 24.3 Å². The maximum absolute atomic E-state index is 14.4. The van der Waals surface area contributed by atoms with Gasteiger partial charge in [0.25, 0.3) is 0 Å². The van der Waals surface area contributed by atoms with Gasteiger partial charge in [-0.25, -0.2) is 4.39 Å². The molecule has 0 spiro atoms. The molecule has 2 rings (SSSR count). The summed E-state index contributed by atoms with van der Waals surface area (Å²) in [7, 11) is 0. The van der Waals surface area contributed by atoms with Crippen molar-refractivity contribution in [1.29, 1.82) is 0 Å². The molecule has 1 nitrogen and oxygen atoms in total. The third kappa shape index (κ3) is 2.05. The van der Waals surface area contributed by atoms with Crippen molar-refractivity contribution in [2.75, 3.05) is 0 Å². The van der Waals surface area contributed by atoms with Crippen molar-refractivity contribution < 1.29 is 4.39 Å². The van der Waals surface area contributed by atoms with Crippen molar-refractivity contribution in [3.05, 3.63) is 35.4 Å². The van der Waals surface area contributed by atoms with Crippen molar-refractivity contribution in [3.8, 4) is 0 Å². The van der Waals surface area contributed by atoms with E-state index in [1.54, 1.807) is 0 Å². The van der Waals surface area contributed by atoms with Crippen molar-refractivity contribution in [2.45, 2.75) is 44.3 Å². The van der Waals surface area contributed by atoms with Gasteiger partial charge >= 0.3 is 0 Å². The summed E-state index contributed by atoms with van der Waals surface area (Å²) < 4.78 is 14.4. The van der Waals surface area contributed by atoms with Gasteiger partial charge < -0.3 is 5.73 Å². The fourth-order valence-corrected chi connectivity index (χ4v) is 2.32. The first-order chi connectivity index (χ1) is 7.12. The summed E-state index contributed by atoms with van der Waals surface area (Å²) in [6.07, 6.45) is 3.32. The minimum absolute atomic E-state index is 0.0186. The number of nitrogens with two attached hydrogens (primary N) is 1. The largest absolute Gasteiger partial charge is 0.324 e. The third-order valence-electron chi connectivity index (χ3n) is 3.33. The van der Waals surface area contributed by atoms with Crippen molar-refractivity contribution in [1.82, 2.24) is 0 Å². The quantitative estimate of drug-likeness (QED) is 0.789. The molecule has 1 aliphatic carbocycles. The predicted molar refractivity (Wildman–Crippen MR) is 60.3 cm³/mol. The SMILES string of the molecule is CC(N)c1cccc(C2(F)CCCC2)c1. The monoisotopic (exact) mass is 207 g/mol. The summed E-state index contributed by atoms with van der Waals surface area (Å²) in [6, 6.07) is 7.67. The Morgan fingerprint density at radius 1 is 1.33 bits per heavy atom. The highest BCUT2D eigenvalue weighted by atomic mass is 19.1. The Labute approximate surface area is 90.5 Å². The van der Waals surface area contributed by atoms with E-state index in [4.69, 9.17) is 5.73 Å². The molecule has 0 bridgehead atoms. The van der Waals surface area contributed by atoms with Crippen molar-refractivity contribution >= 4 is 0 Å². The first kappa shape index (κ1) is 10.6. The van der Waals surface area contributed by atoms with E-state index in [-0.39, 0.29) is 6.04 Å². The lowest BCUT2D eigenvalue weighted by atomic mass is 9.92. The molecule has 1 fully saturated rings. The molecule has 0 radical (unpaired) electrons. The number of benzene rings is 1. The average Bonchev–Trinajstić information content (AvgIpc) is 2.67. The zero-order valence-electron chi connectivity index (χ0n) is 9.17. The molecular weight excluding hydrogens is 189 g/mol. The highest BCUT2D eigenvalue weighted by molar-refractivity contribution is 5.30. The summed E-state index contributed by atoms with van der Waals surface area (Å²) in [4.78, 5) is 0. The molecule has 82 valence electrons. The molecule has 1 aliphatic rings. The van der Waals surface area contributed by atoms with Gasteiger partial charge in [-0.15, -0.1) is 0 Å². The van der Waals surface area contributed by atoms with Gasteiger partial charge in [-0.2, -0.15) is 0 Å². The molecule has 15 heavy (non-hydrogen) atoms. The molecule has 1 saturated carbocycles. The van der Waals surface area contributed by atoms with Crippen LogP contribution in [0.1, 0.15) is 49.8 Å². The highest BCUT2D eigenvalue weighted by Gasteiger charge is 2.35. The fraction of sp³-hybridized carbons (Fsp3) is 0.538. The van der Waals surface area contributed by atoms with Crippen LogP contribution in [-0.2, 0) is 5.67 Å². The molecule has 0 amide bonds. The molecule has 1 aromatic rings. The van der Waals surface area contributed by atoms with E-state index in [2.05, 4.69) is 0 Å². The molecule has 0 aliphatic heterocycles. The molecule has 1 unspecified atom stereocenters. The lowest BCUT2D eigenvalue weighted by Gasteiger charge is -2.20. The zero-order chi connectivity index (χ0) is 10.9. The van der Waals surface area contributed by atoms with E-state index in [1.165, 1.54) is 0 Å². The van der Waals surface area contributed by atoms with Crippen LogP contribution in [0.5, 0.6) is 0 Å². The van der Waals surface area contributed by atoms with Crippen LogP contribution < -0.4 is 5.73 Å². The van der Waals surface area contributed by atoms with Gasteiger partial charge in [0.2, 0.25) is 0 Å². The van der Waals surface area contributed by atoms with Crippen LogP contribution in [0.3, 0.4) is 0 Å². The van der Waals surface area contributed by atoms with E-state index in [0.29, 0.717) is 12.8 Å². The summed E-state index contributed by atoms with van der Waals surface area (Å²) in [6.45, 7) is 1.93. The third-order valence-corrected chi connectivity index (χ3v) is 3.33. The lowest BCUT2D eigenvalue weighted by molar-refractivity contribution is 0.174. The maximum atomic E-state index is 14.4. The molecule has 2 N–H and O–H groups in total. The predicted octanol–water partition coefficient (Wildman–Crippen LogP) is 3.45. The molecule has 0 heterocycles. The number of halogens is 1. The van der Waals surface area contributed by atoms with Gasteiger partial charge in [0.15, 0.2) is 0 Å². The molecule has 1 aromatic carbocycles. The van der Waals surface area contributed by atoms with E-state index in [1.807, 2.05) is 31.2 Å². The first-order valence-electron chi connectivity index (χ1n) is 5.67. The maximum Gasteiger partial charge on any atom is 0.136 e. The number of hydrogen-bond donors (Lipinski definition) is 1. The van der Waals surface area contributed by atoms with E-state index >= 15 is 0 Å². The minimum Gasteiger partial charge on any atom is -0.324 e. The van der Waals surface area contributed by atoms with Crippen LogP contribution in [0.4, 0.5) is 4.39 Å². The van der Waals surface area contributed by atoms with Crippen LogP contribution >= 0.6 is 0 Å². The van der Waals surface area contributed by atoms with Gasteiger partial charge in [0, 0.05) is 6.04 Å². The standard InChI is InChI=1S/C13H18FN/c1-10(15)11-5-4-6-12(9-11)13(14)7-2-3-8-13/h4-6,9-10H,2-3,7-8,15H2,1H3. The van der Waals surface area contributed by atoms with Gasteiger partial charge in [-0.3, -0.25) is 0 Å². The van der Waals surface area contributed by atoms with Gasteiger partial charge in [0.05, 0.1) is 0 Å². The molecule has 2 heteroatoms. The first-order valence-corrected chi connectivity index (χ1v) is 5.67. The van der Waals surface area contributed by atoms with Crippen LogP contribution in [-0.4, -0.2) is 0 Å². The zero-order valence-corrected chi connectivity index (χ0v) is 9.17. The topological polar surface area (TPSA) is 26.0 Å². The van der Waals surface area contributed by atoms with E-state index < -0.39 is 5.67 Å². The summed E-state index contributed by atoms with van der Waals surface area (Å²) in [5.41, 5.74) is 6.55. The molecule has 0 aromatic heterocycles. The molecule has 1 atom stereocenters. The fourth-order valence-electron chi connectivity index (χ4n) is 2.32. The Kier molecular flexibility index (Phi) is 2.79. The second-order valence-corrected chi connectivity index (χ2v) is 4.59. The number of hydrogen-bond acceptors (Lipinski definition) is 1. The summed E-state index contributed by atoms with van der Waals surface area (Å²) in [5, 5.41) is 0. The average molecular weight is 207 g/mol. The van der Waals surface area contributed by atoms with Crippen molar-refractivity contribution in [3.63, 3.8) is 0 Å². The second-order valence-electron chi connectivity index (χ2n) is 4.59. The number of alkyl halides is 1. The Bertz CT molecular complexity index is 340. The molecular formula is C13H18FN. The minimum atomic E-state index is -1.09. The summed E-state index contributed by atoms with van der Waals surface area (Å²) >= 11 is 0. The van der Waals surface area contributed by atoms with Crippen LogP contribution in [0, 0.1) is 0 Å². The van der Waals surface area contributed by atoms with Crippen LogP contribution in [0.2, 0.25) is 0 Å². The van der Waals surface area contributed by atoms with Crippen molar-refractivity contribution in [2.24, 2.45) is 5.73 Å². The van der Waals surface area contributed by atoms with Crippen LogP contribution in [0.25, 0.3) is 0 Å².